The van der Waals surface area contributed by atoms with Crippen molar-refractivity contribution in [3.05, 3.63) is 49.8 Å². The molecule has 0 spiro atoms. The van der Waals surface area contributed by atoms with Crippen molar-refractivity contribution in [3.63, 3.8) is 0 Å². The summed E-state index contributed by atoms with van der Waals surface area (Å²) in [4.78, 5) is 26.6. The van der Waals surface area contributed by atoms with Crippen molar-refractivity contribution < 1.29 is 28.9 Å². The summed E-state index contributed by atoms with van der Waals surface area (Å²) < 4.78 is 16.1. The second-order valence-electron chi connectivity index (χ2n) is 6.12. The molecule has 7 nitrogen and oxygen atoms in total. The average molecular weight is 499 g/mol. The van der Waals surface area contributed by atoms with Gasteiger partial charge in [0.15, 0.2) is 23.0 Å². The number of thioether (sulfide) groups is 1. The van der Waals surface area contributed by atoms with Crippen LogP contribution in [0.25, 0.3) is 6.08 Å². The zero-order chi connectivity index (χ0) is 20.7. The van der Waals surface area contributed by atoms with Crippen LogP contribution in [-0.4, -0.2) is 35.1 Å². The summed E-state index contributed by atoms with van der Waals surface area (Å²) in [6, 6.07) is 6.47. The van der Waals surface area contributed by atoms with Gasteiger partial charge in [-0.05, 0) is 63.1 Å². The maximum atomic E-state index is 12.8. The summed E-state index contributed by atoms with van der Waals surface area (Å²) in [6.45, 7) is 0.116. The number of rotatable bonds is 4. The van der Waals surface area contributed by atoms with Crippen LogP contribution in [0.15, 0.2) is 33.6 Å². The molecule has 2 heterocycles. The number of hydrogen-bond acceptors (Lipinski definition) is 7. The van der Waals surface area contributed by atoms with Crippen molar-refractivity contribution in [1.82, 2.24) is 4.90 Å². The highest BCUT2D eigenvalue weighted by molar-refractivity contribution is 9.10. The summed E-state index contributed by atoms with van der Waals surface area (Å²) in [5.74, 6) is 0.816. The minimum Gasteiger partial charge on any atom is -0.503 e. The second kappa shape index (κ2) is 7.81. The normalized spacial score (nSPS) is 16.8. The lowest BCUT2D eigenvalue weighted by atomic mass is 10.1. The first-order valence-electron chi connectivity index (χ1n) is 8.27. The average Bonchev–Trinajstić information content (AvgIpc) is 3.23. The van der Waals surface area contributed by atoms with E-state index in [0.717, 1.165) is 16.7 Å². The zero-order valence-corrected chi connectivity index (χ0v) is 18.1. The van der Waals surface area contributed by atoms with E-state index in [9.17, 15) is 14.7 Å². The lowest BCUT2D eigenvalue weighted by Crippen LogP contribution is -2.27. The predicted molar refractivity (Wildman–Crippen MR) is 111 cm³/mol. The molecule has 150 valence electrons. The van der Waals surface area contributed by atoms with E-state index in [1.807, 2.05) is 0 Å². The highest BCUT2D eigenvalue weighted by Gasteiger charge is 2.35. The minimum absolute atomic E-state index is 0.0140. The number of imide groups is 1. The molecule has 0 radical (unpaired) electrons. The number of hydrogen-bond donors (Lipinski definition) is 1. The van der Waals surface area contributed by atoms with Gasteiger partial charge in [0.05, 0.1) is 23.0 Å². The number of carbonyl (C=O) groups is 2. The summed E-state index contributed by atoms with van der Waals surface area (Å²) in [5.41, 5.74) is 1.17. The molecule has 1 saturated heterocycles. The van der Waals surface area contributed by atoms with Crippen LogP contribution in [0.4, 0.5) is 4.79 Å². The van der Waals surface area contributed by atoms with Gasteiger partial charge in [0.2, 0.25) is 6.79 Å². The molecule has 2 amide bonds. The van der Waals surface area contributed by atoms with Crippen LogP contribution >= 0.6 is 39.3 Å². The third-order valence-electron chi connectivity index (χ3n) is 4.31. The number of phenols is 1. The maximum Gasteiger partial charge on any atom is 0.293 e. The molecule has 0 aliphatic carbocycles. The molecule has 10 heteroatoms. The predicted octanol–water partition coefficient (Wildman–Crippen LogP) is 4.78. The zero-order valence-electron chi connectivity index (χ0n) is 14.9. The number of aromatic hydroxyl groups is 1. The number of nitrogens with zero attached hydrogens (tertiary/aromatic N) is 1. The number of carbonyl (C=O) groups excluding carboxylic acids is 2. The van der Waals surface area contributed by atoms with Crippen LogP contribution in [0.5, 0.6) is 23.0 Å². The summed E-state index contributed by atoms with van der Waals surface area (Å²) in [6.07, 6.45) is 1.57. The molecule has 0 saturated carbocycles. The lowest BCUT2D eigenvalue weighted by molar-refractivity contribution is -0.123. The molecule has 2 aromatic carbocycles. The number of fused-ring (bicyclic) bond motifs is 1. The van der Waals surface area contributed by atoms with Crippen molar-refractivity contribution in [3.8, 4) is 23.0 Å². The van der Waals surface area contributed by atoms with Crippen molar-refractivity contribution in [2.45, 2.75) is 6.54 Å². The minimum atomic E-state index is -0.433. The first-order chi connectivity index (χ1) is 13.9. The van der Waals surface area contributed by atoms with E-state index < -0.39 is 11.1 Å². The fourth-order valence-corrected chi connectivity index (χ4v) is 4.38. The molecular formula is C19H13BrClNO6S. The number of benzene rings is 2. The number of halogens is 2. The number of amides is 2. The maximum absolute atomic E-state index is 12.8. The Balaban J connectivity index is 1.60. The molecular weight excluding hydrogens is 486 g/mol. The number of phenolic OH excluding ortho intramolecular Hbond substituents is 1. The Labute approximate surface area is 183 Å². The fraction of sp³-hybridized carbons (Fsp3) is 0.158. The van der Waals surface area contributed by atoms with Gasteiger partial charge in [-0.3, -0.25) is 14.5 Å². The largest absolute Gasteiger partial charge is 0.503 e. The van der Waals surface area contributed by atoms with Gasteiger partial charge in [0.1, 0.15) is 0 Å². The van der Waals surface area contributed by atoms with Gasteiger partial charge in [-0.1, -0.05) is 11.6 Å². The van der Waals surface area contributed by atoms with Crippen molar-refractivity contribution in [1.29, 1.82) is 0 Å². The van der Waals surface area contributed by atoms with Crippen LogP contribution in [0, 0.1) is 0 Å². The third-order valence-corrected chi connectivity index (χ3v) is 6.18. The van der Waals surface area contributed by atoms with Gasteiger partial charge in [-0.25, -0.2) is 0 Å². The van der Waals surface area contributed by atoms with Gasteiger partial charge in [-0.15, -0.1) is 0 Å². The number of ether oxygens (including phenoxy) is 3. The molecule has 0 atom stereocenters. The van der Waals surface area contributed by atoms with Gasteiger partial charge < -0.3 is 19.3 Å². The smallest absolute Gasteiger partial charge is 0.293 e. The summed E-state index contributed by atoms with van der Waals surface area (Å²) >= 11 is 10.3. The van der Waals surface area contributed by atoms with Crippen LogP contribution < -0.4 is 14.2 Å². The molecule has 0 bridgehead atoms. The molecule has 29 heavy (non-hydrogen) atoms. The molecule has 1 fully saturated rings. The van der Waals surface area contributed by atoms with Gasteiger partial charge in [0.25, 0.3) is 11.1 Å². The molecule has 0 aromatic heterocycles. The molecule has 2 aliphatic heterocycles. The van der Waals surface area contributed by atoms with E-state index in [0.29, 0.717) is 32.1 Å². The molecule has 2 aliphatic rings. The fourth-order valence-electron chi connectivity index (χ4n) is 2.87. The van der Waals surface area contributed by atoms with E-state index in [1.54, 1.807) is 30.3 Å². The van der Waals surface area contributed by atoms with Crippen LogP contribution in [0.2, 0.25) is 5.02 Å². The highest BCUT2D eigenvalue weighted by atomic mass is 79.9. The highest BCUT2D eigenvalue weighted by Crippen LogP contribution is 2.40. The van der Waals surface area contributed by atoms with Crippen LogP contribution in [0.3, 0.4) is 0 Å². The first kappa shape index (κ1) is 19.9. The van der Waals surface area contributed by atoms with Gasteiger partial charge >= 0.3 is 0 Å². The van der Waals surface area contributed by atoms with E-state index >= 15 is 0 Å². The molecule has 1 N–H and O–H groups in total. The monoisotopic (exact) mass is 497 g/mol. The number of methoxy groups -OCH3 is 1. The Bertz CT molecular complexity index is 1070. The Hall–Kier alpha value is -2.36. The Morgan fingerprint density at radius 3 is 2.72 bits per heavy atom. The summed E-state index contributed by atoms with van der Waals surface area (Å²) in [5, 5.41) is 9.89. The van der Waals surface area contributed by atoms with E-state index in [2.05, 4.69) is 15.9 Å². The Morgan fingerprint density at radius 1 is 1.28 bits per heavy atom. The van der Waals surface area contributed by atoms with Gasteiger partial charge in [0, 0.05) is 11.1 Å². The topological polar surface area (TPSA) is 85.3 Å². The quantitative estimate of drug-likeness (QED) is 0.607. The summed E-state index contributed by atoms with van der Waals surface area (Å²) in [7, 11) is 1.42. The van der Waals surface area contributed by atoms with E-state index in [4.69, 9.17) is 25.8 Å². The van der Waals surface area contributed by atoms with Crippen molar-refractivity contribution >= 4 is 56.5 Å². The third kappa shape index (κ3) is 3.77. The molecule has 2 aromatic rings. The van der Waals surface area contributed by atoms with E-state index in [-0.39, 0.29) is 29.7 Å². The van der Waals surface area contributed by atoms with Gasteiger partial charge in [-0.2, -0.15) is 0 Å². The molecule has 4 rings (SSSR count). The Morgan fingerprint density at radius 2 is 2.00 bits per heavy atom. The Kier molecular flexibility index (Phi) is 5.37. The first-order valence-corrected chi connectivity index (χ1v) is 10.3. The second-order valence-corrected chi connectivity index (χ2v) is 8.37. The molecule has 0 unspecified atom stereocenters. The van der Waals surface area contributed by atoms with Crippen molar-refractivity contribution in [2.75, 3.05) is 13.9 Å². The lowest BCUT2D eigenvalue weighted by Gasteiger charge is -2.14. The van der Waals surface area contributed by atoms with E-state index in [1.165, 1.54) is 7.11 Å². The standard InChI is InChI=1S/C19H13BrClNO6S/c1-26-15-3-9(2-11(20)17(15)23)4-16-18(24)22(19(25)29-16)7-10-5-13-14(6-12(10)21)28-8-27-13/h2-6,23H,7-8H2,1H3/b16-4+. The van der Waals surface area contributed by atoms with Crippen LogP contribution in [0.1, 0.15) is 11.1 Å². The van der Waals surface area contributed by atoms with Crippen molar-refractivity contribution in [2.24, 2.45) is 0 Å². The van der Waals surface area contributed by atoms with Crippen LogP contribution in [-0.2, 0) is 11.3 Å². The SMILES string of the molecule is COc1cc(/C=C2/SC(=O)N(Cc3cc4c(cc3Cl)OCO4)C2=O)cc(Br)c1O.